The van der Waals surface area contributed by atoms with Crippen LogP contribution in [-0.2, 0) is 0 Å². The molecule has 1 aliphatic rings. The molecule has 0 N–H and O–H groups in total. The van der Waals surface area contributed by atoms with Crippen LogP contribution in [0, 0.1) is 5.92 Å². The normalized spacial score (nSPS) is 17.4. The fourth-order valence-electron chi connectivity index (χ4n) is 1.98. The number of ether oxygens (including phenoxy) is 1. The Bertz CT molecular complexity index is 356. The largest absolute Gasteiger partial charge is 0.476 e. The van der Waals surface area contributed by atoms with Crippen LogP contribution in [0.1, 0.15) is 32.1 Å². The van der Waals surface area contributed by atoms with Gasteiger partial charge in [0.2, 0.25) is 11.2 Å². The van der Waals surface area contributed by atoms with E-state index in [4.69, 9.17) is 16.3 Å². The number of aromatic nitrogens is 2. The third-order valence-corrected chi connectivity index (χ3v) is 3.59. The second kappa shape index (κ2) is 5.82. The van der Waals surface area contributed by atoms with Gasteiger partial charge in [-0.2, -0.15) is 4.98 Å². The second-order valence-corrected chi connectivity index (χ2v) is 5.30. The topological polar surface area (TPSA) is 35.0 Å². The van der Waals surface area contributed by atoms with Crippen LogP contribution in [0.25, 0.3) is 0 Å². The van der Waals surface area contributed by atoms with E-state index < -0.39 is 0 Å². The Balaban J connectivity index is 1.90. The molecular weight excluding hydrogens is 291 g/mol. The Morgan fingerprint density at radius 1 is 1.38 bits per heavy atom. The van der Waals surface area contributed by atoms with Gasteiger partial charge in [-0.25, -0.2) is 4.98 Å². The van der Waals surface area contributed by atoms with Crippen LogP contribution >= 0.6 is 27.5 Å². The highest BCUT2D eigenvalue weighted by Gasteiger charge is 2.15. The molecule has 0 atom stereocenters. The van der Waals surface area contributed by atoms with Crippen LogP contribution < -0.4 is 4.74 Å². The predicted molar refractivity (Wildman–Crippen MR) is 66.8 cm³/mol. The minimum absolute atomic E-state index is 0.224. The number of halogens is 2. The smallest absolute Gasteiger partial charge is 0.232 e. The van der Waals surface area contributed by atoms with Crippen molar-refractivity contribution in [2.75, 3.05) is 6.61 Å². The maximum atomic E-state index is 5.72. The van der Waals surface area contributed by atoms with E-state index in [0.717, 1.165) is 11.1 Å². The molecule has 2 rings (SSSR count). The lowest BCUT2D eigenvalue weighted by Gasteiger charge is -2.21. The molecule has 3 nitrogen and oxygen atoms in total. The monoisotopic (exact) mass is 304 g/mol. The molecular formula is C11H14BrClN2O. The van der Waals surface area contributed by atoms with E-state index in [9.17, 15) is 0 Å². The molecule has 1 saturated carbocycles. The van der Waals surface area contributed by atoms with Gasteiger partial charge in [-0.3, -0.25) is 0 Å². The van der Waals surface area contributed by atoms with Gasteiger partial charge in [0.05, 0.1) is 11.1 Å². The van der Waals surface area contributed by atoms with Crippen LogP contribution in [0.4, 0.5) is 0 Å². The molecule has 1 aromatic rings. The van der Waals surface area contributed by atoms with Crippen molar-refractivity contribution in [1.82, 2.24) is 9.97 Å². The van der Waals surface area contributed by atoms with E-state index in [0.29, 0.717) is 11.8 Å². The zero-order valence-electron chi connectivity index (χ0n) is 8.96. The van der Waals surface area contributed by atoms with Gasteiger partial charge in [0.1, 0.15) is 0 Å². The summed E-state index contributed by atoms with van der Waals surface area (Å²) in [5, 5.41) is 0.224. The predicted octanol–water partition coefficient (Wildman–Crippen LogP) is 3.85. The standard InChI is InChI=1S/C11H14BrClN2O/c12-9-6-14-11(13)15-10(9)16-7-8-4-2-1-3-5-8/h6,8H,1-5,7H2. The fraction of sp³-hybridized carbons (Fsp3) is 0.636. The molecule has 88 valence electrons. The Hall–Kier alpha value is -0.350. The molecule has 0 saturated heterocycles. The van der Waals surface area contributed by atoms with E-state index in [2.05, 4.69) is 25.9 Å². The van der Waals surface area contributed by atoms with E-state index in [1.165, 1.54) is 32.1 Å². The van der Waals surface area contributed by atoms with Gasteiger partial charge in [0.15, 0.2) is 0 Å². The summed E-state index contributed by atoms with van der Waals surface area (Å²) in [4.78, 5) is 7.90. The van der Waals surface area contributed by atoms with Crippen molar-refractivity contribution in [3.8, 4) is 5.88 Å². The van der Waals surface area contributed by atoms with Crippen LogP contribution in [0.15, 0.2) is 10.7 Å². The molecule has 0 aliphatic heterocycles. The van der Waals surface area contributed by atoms with Gasteiger partial charge in [0, 0.05) is 6.20 Å². The minimum Gasteiger partial charge on any atom is -0.476 e. The van der Waals surface area contributed by atoms with Crippen molar-refractivity contribution >= 4 is 27.5 Å². The molecule has 1 aliphatic carbocycles. The molecule has 0 unspecified atom stereocenters. The van der Waals surface area contributed by atoms with E-state index in [1.807, 2.05) is 0 Å². The van der Waals surface area contributed by atoms with Crippen molar-refractivity contribution in [1.29, 1.82) is 0 Å². The average Bonchev–Trinajstić information content (AvgIpc) is 2.32. The summed E-state index contributed by atoms with van der Waals surface area (Å²) in [6, 6.07) is 0. The highest BCUT2D eigenvalue weighted by molar-refractivity contribution is 9.10. The van der Waals surface area contributed by atoms with Gasteiger partial charge in [-0.05, 0) is 46.3 Å². The average molecular weight is 306 g/mol. The molecule has 0 spiro atoms. The zero-order valence-corrected chi connectivity index (χ0v) is 11.3. The number of hydrogen-bond acceptors (Lipinski definition) is 3. The van der Waals surface area contributed by atoms with Crippen LogP contribution in [0.5, 0.6) is 5.88 Å². The SMILES string of the molecule is Clc1ncc(Br)c(OCC2CCCCC2)n1. The Labute approximate surface area is 109 Å². The van der Waals surface area contributed by atoms with Crippen molar-refractivity contribution in [2.24, 2.45) is 5.92 Å². The van der Waals surface area contributed by atoms with E-state index in [-0.39, 0.29) is 5.28 Å². The maximum absolute atomic E-state index is 5.72. The van der Waals surface area contributed by atoms with Gasteiger partial charge in [-0.15, -0.1) is 0 Å². The maximum Gasteiger partial charge on any atom is 0.232 e. The summed E-state index contributed by atoms with van der Waals surface area (Å²) < 4.78 is 6.43. The Kier molecular flexibility index (Phi) is 4.41. The Morgan fingerprint density at radius 3 is 2.88 bits per heavy atom. The summed E-state index contributed by atoms with van der Waals surface area (Å²) in [6.07, 6.45) is 8.14. The summed E-state index contributed by atoms with van der Waals surface area (Å²) >= 11 is 9.06. The fourth-order valence-corrected chi connectivity index (χ4v) is 2.41. The van der Waals surface area contributed by atoms with Gasteiger partial charge in [0.25, 0.3) is 0 Å². The third kappa shape index (κ3) is 3.32. The first-order valence-electron chi connectivity index (χ1n) is 5.56. The van der Waals surface area contributed by atoms with Crippen LogP contribution in [0.2, 0.25) is 5.28 Å². The Morgan fingerprint density at radius 2 is 2.12 bits per heavy atom. The lowest BCUT2D eigenvalue weighted by atomic mass is 9.90. The molecule has 0 radical (unpaired) electrons. The lowest BCUT2D eigenvalue weighted by Crippen LogP contribution is -2.15. The van der Waals surface area contributed by atoms with Gasteiger partial charge >= 0.3 is 0 Å². The molecule has 1 heterocycles. The molecule has 0 amide bonds. The van der Waals surface area contributed by atoms with Gasteiger partial charge in [-0.1, -0.05) is 19.3 Å². The quantitative estimate of drug-likeness (QED) is 0.796. The summed E-state index contributed by atoms with van der Waals surface area (Å²) in [5.74, 6) is 1.21. The van der Waals surface area contributed by atoms with Crippen LogP contribution in [-0.4, -0.2) is 16.6 Å². The zero-order chi connectivity index (χ0) is 11.4. The molecule has 1 fully saturated rings. The first-order chi connectivity index (χ1) is 7.75. The summed E-state index contributed by atoms with van der Waals surface area (Å²) in [5.41, 5.74) is 0. The highest BCUT2D eigenvalue weighted by atomic mass is 79.9. The van der Waals surface area contributed by atoms with E-state index in [1.54, 1.807) is 6.20 Å². The molecule has 0 aromatic carbocycles. The van der Waals surface area contributed by atoms with Gasteiger partial charge < -0.3 is 4.74 Å². The minimum atomic E-state index is 0.224. The van der Waals surface area contributed by atoms with E-state index >= 15 is 0 Å². The third-order valence-electron chi connectivity index (χ3n) is 2.86. The molecule has 0 bridgehead atoms. The number of hydrogen-bond donors (Lipinski definition) is 0. The number of nitrogens with zero attached hydrogens (tertiary/aromatic N) is 2. The first kappa shape index (κ1) is 12.1. The number of rotatable bonds is 3. The molecule has 16 heavy (non-hydrogen) atoms. The van der Waals surface area contributed by atoms with Crippen molar-refractivity contribution in [3.05, 3.63) is 16.0 Å². The lowest BCUT2D eigenvalue weighted by molar-refractivity contribution is 0.201. The molecule has 5 heteroatoms. The van der Waals surface area contributed by atoms with Crippen molar-refractivity contribution in [2.45, 2.75) is 32.1 Å². The molecule has 1 aromatic heterocycles. The highest BCUT2D eigenvalue weighted by Crippen LogP contribution is 2.27. The first-order valence-corrected chi connectivity index (χ1v) is 6.73. The van der Waals surface area contributed by atoms with Crippen molar-refractivity contribution in [3.63, 3.8) is 0 Å². The summed E-state index contributed by atoms with van der Waals surface area (Å²) in [7, 11) is 0. The van der Waals surface area contributed by atoms with Crippen LogP contribution in [0.3, 0.4) is 0 Å². The van der Waals surface area contributed by atoms with Crippen molar-refractivity contribution < 1.29 is 4.74 Å². The summed E-state index contributed by atoms with van der Waals surface area (Å²) in [6.45, 7) is 0.728. The second-order valence-electron chi connectivity index (χ2n) is 4.11.